The van der Waals surface area contributed by atoms with E-state index in [0.717, 1.165) is 61.0 Å². The lowest BCUT2D eigenvalue weighted by molar-refractivity contribution is 0.249. The minimum absolute atomic E-state index is 0.0605. The molecule has 2 heterocycles. The van der Waals surface area contributed by atoms with Crippen LogP contribution in [-0.2, 0) is 16.7 Å². The van der Waals surface area contributed by atoms with Gasteiger partial charge in [0.15, 0.2) is 11.5 Å². The smallest absolute Gasteiger partial charge is 0.339 e. The van der Waals surface area contributed by atoms with Crippen molar-refractivity contribution in [2.75, 3.05) is 52.4 Å². The molecule has 0 saturated carbocycles. The molecule has 11 heteroatoms. The van der Waals surface area contributed by atoms with Crippen LogP contribution in [0.1, 0.15) is 5.56 Å². The molecule has 1 saturated heterocycles. The summed E-state index contributed by atoms with van der Waals surface area (Å²) in [5, 5.41) is 0. The summed E-state index contributed by atoms with van der Waals surface area (Å²) in [6.45, 7) is 4.35. The Balaban J connectivity index is 1.16. The molecular weight excluding hydrogens is 544 g/mol. The summed E-state index contributed by atoms with van der Waals surface area (Å²) in [5.41, 5.74) is 3.71. The zero-order valence-corrected chi connectivity index (χ0v) is 24.0. The second-order valence-electron chi connectivity index (χ2n) is 9.47. The van der Waals surface area contributed by atoms with Crippen LogP contribution in [0, 0.1) is 0 Å². The highest BCUT2D eigenvalue weighted by Crippen LogP contribution is 2.29. The molecule has 10 nitrogen and oxygen atoms in total. The minimum Gasteiger partial charge on any atom is -0.493 e. The summed E-state index contributed by atoms with van der Waals surface area (Å²) in [6, 6.07) is 19.8. The Kier molecular flexibility index (Phi) is 8.55. The van der Waals surface area contributed by atoms with Gasteiger partial charge < -0.3 is 23.3 Å². The monoisotopic (exact) mass is 576 g/mol. The topological polar surface area (TPSA) is 103 Å². The van der Waals surface area contributed by atoms with Crippen molar-refractivity contribution in [3.8, 4) is 34.4 Å². The van der Waals surface area contributed by atoms with Crippen LogP contribution < -0.4 is 23.3 Å². The summed E-state index contributed by atoms with van der Waals surface area (Å²) in [6.07, 6.45) is 3.23. The van der Waals surface area contributed by atoms with E-state index >= 15 is 0 Å². The Morgan fingerprint density at radius 1 is 0.732 bits per heavy atom. The molecule has 1 aliphatic heterocycles. The molecule has 3 aromatic carbocycles. The average molecular weight is 577 g/mol. The number of hydrogen-bond acceptors (Lipinski definition) is 10. The molecule has 0 N–H and O–H groups in total. The molecular formula is C30H32N4O6S. The minimum atomic E-state index is -4.00. The summed E-state index contributed by atoms with van der Waals surface area (Å²) in [5.74, 6) is 1.71. The van der Waals surface area contributed by atoms with Crippen LogP contribution in [0.4, 0.5) is 5.69 Å². The van der Waals surface area contributed by atoms with Crippen molar-refractivity contribution >= 4 is 15.8 Å². The molecule has 1 aromatic heterocycles. The summed E-state index contributed by atoms with van der Waals surface area (Å²) in [7, 11) is 0.773. The van der Waals surface area contributed by atoms with Gasteiger partial charge in [-0.15, -0.1) is 0 Å². The molecule has 0 amide bonds. The Labute approximate surface area is 240 Å². The Morgan fingerprint density at radius 3 is 2.00 bits per heavy atom. The van der Waals surface area contributed by atoms with E-state index in [0.29, 0.717) is 0 Å². The van der Waals surface area contributed by atoms with Crippen LogP contribution in [0.25, 0.3) is 11.1 Å². The van der Waals surface area contributed by atoms with Crippen LogP contribution in [0.3, 0.4) is 0 Å². The molecule has 0 spiro atoms. The molecule has 0 unspecified atom stereocenters. The standard InChI is InChI=1S/C30H32N4O6S/c1-37-28-13-4-22(18-29(28)38-2)21-33-14-16-34(17-15-33)25-7-9-26(10-8-25)40-41(35,36)27-11-5-23(6-12-27)24-19-31-30(39-3)32-20-24/h4-13,18-20H,14-17,21H2,1-3H3. The van der Waals surface area contributed by atoms with Gasteiger partial charge in [-0.2, -0.15) is 8.42 Å². The predicted octanol–water partition coefficient (Wildman–Crippen LogP) is 4.26. The fourth-order valence-electron chi connectivity index (χ4n) is 4.67. The first-order chi connectivity index (χ1) is 19.9. The number of nitrogens with zero attached hydrogens (tertiary/aromatic N) is 4. The fourth-order valence-corrected chi connectivity index (χ4v) is 5.60. The van der Waals surface area contributed by atoms with E-state index in [1.807, 2.05) is 24.3 Å². The average Bonchev–Trinajstić information content (AvgIpc) is 3.02. The zero-order valence-electron chi connectivity index (χ0n) is 23.2. The lowest BCUT2D eigenvalue weighted by Gasteiger charge is -2.36. The molecule has 5 rings (SSSR count). The first-order valence-electron chi connectivity index (χ1n) is 13.1. The Bertz CT molecular complexity index is 1550. The fraction of sp³-hybridized carbons (Fsp3) is 0.267. The highest BCUT2D eigenvalue weighted by molar-refractivity contribution is 7.87. The Morgan fingerprint density at radius 2 is 1.39 bits per heavy atom. The van der Waals surface area contributed by atoms with E-state index < -0.39 is 10.1 Å². The number of piperazine rings is 1. The van der Waals surface area contributed by atoms with E-state index in [1.165, 1.54) is 24.8 Å². The van der Waals surface area contributed by atoms with Gasteiger partial charge in [0.1, 0.15) is 10.6 Å². The molecule has 0 atom stereocenters. The maximum atomic E-state index is 12.9. The molecule has 0 aliphatic carbocycles. The van der Waals surface area contributed by atoms with Crippen LogP contribution in [-0.4, -0.2) is 70.8 Å². The maximum Gasteiger partial charge on any atom is 0.339 e. The highest BCUT2D eigenvalue weighted by Gasteiger charge is 2.20. The van der Waals surface area contributed by atoms with Crippen molar-refractivity contribution in [3.63, 3.8) is 0 Å². The van der Waals surface area contributed by atoms with Crippen LogP contribution in [0.2, 0.25) is 0 Å². The van der Waals surface area contributed by atoms with E-state index in [-0.39, 0.29) is 16.7 Å². The van der Waals surface area contributed by atoms with Crippen molar-refractivity contribution in [3.05, 3.63) is 84.7 Å². The molecule has 214 valence electrons. The SMILES string of the molecule is COc1ncc(-c2ccc(S(=O)(=O)Oc3ccc(N4CCN(Cc5ccc(OC)c(OC)c5)CC4)cc3)cc2)cn1. The second kappa shape index (κ2) is 12.4. The van der Waals surface area contributed by atoms with Gasteiger partial charge in [-0.05, 0) is 59.7 Å². The summed E-state index contributed by atoms with van der Waals surface area (Å²) < 4.78 is 46.9. The van der Waals surface area contributed by atoms with Crippen LogP contribution in [0.5, 0.6) is 23.3 Å². The van der Waals surface area contributed by atoms with Crippen molar-refractivity contribution in [1.29, 1.82) is 0 Å². The van der Waals surface area contributed by atoms with Crippen molar-refractivity contribution in [2.24, 2.45) is 0 Å². The van der Waals surface area contributed by atoms with Gasteiger partial charge in [0.05, 0.1) is 21.3 Å². The van der Waals surface area contributed by atoms with E-state index in [4.69, 9.17) is 18.4 Å². The zero-order chi connectivity index (χ0) is 28.8. The van der Waals surface area contributed by atoms with Gasteiger partial charge in [0.2, 0.25) is 0 Å². The largest absolute Gasteiger partial charge is 0.493 e. The van der Waals surface area contributed by atoms with Gasteiger partial charge in [-0.25, -0.2) is 9.97 Å². The quantitative estimate of drug-likeness (QED) is 0.255. The molecule has 4 aromatic rings. The number of benzene rings is 3. The van der Waals surface area contributed by atoms with Crippen molar-refractivity contribution in [2.45, 2.75) is 11.4 Å². The lowest BCUT2D eigenvalue weighted by Crippen LogP contribution is -2.45. The normalized spacial score (nSPS) is 14.0. The van der Waals surface area contributed by atoms with Gasteiger partial charge in [0, 0.05) is 56.4 Å². The predicted molar refractivity (Wildman–Crippen MR) is 155 cm³/mol. The van der Waals surface area contributed by atoms with E-state index in [2.05, 4.69) is 25.8 Å². The number of aromatic nitrogens is 2. The number of hydrogen-bond donors (Lipinski definition) is 0. The summed E-state index contributed by atoms with van der Waals surface area (Å²) >= 11 is 0. The second-order valence-corrected chi connectivity index (χ2v) is 11.0. The first kappa shape index (κ1) is 28.2. The van der Waals surface area contributed by atoms with Crippen molar-refractivity contribution < 1.29 is 26.8 Å². The van der Waals surface area contributed by atoms with E-state index in [9.17, 15) is 8.42 Å². The van der Waals surface area contributed by atoms with Crippen molar-refractivity contribution in [1.82, 2.24) is 14.9 Å². The molecule has 0 radical (unpaired) electrons. The Hall–Kier alpha value is -4.35. The number of rotatable bonds is 10. The first-order valence-corrected chi connectivity index (χ1v) is 14.5. The van der Waals surface area contributed by atoms with Crippen LogP contribution in [0.15, 0.2) is 84.0 Å². The third kappa shape index (κ3) is 6.69. The lowest BCUT2D eigenvalue weighted by atomic mass is 10.1. The van der Waals surface area contributed by atoms with Gasteiger partial charge in [0.25, 0.3) is 0 Å². The summed E-state index contributed by atoms with van der Waals surface area (Å²) in [4.78, 5) is 12.9. The number of ether oxygens (including phenoxy) is 3. The molecule has 1 aliphatic rings. The third-order valence-electron chi connectivity index (χ3n) is 6.92. The van der Waals surface area contributed by atoms with Gasteiger partial charge in [-0.3, -0.25) is 4.90 Å². The number of methoxy groups -OCH3 is 3. The third-order valence-corrected chi connectivity index (χ3v) is 8.18. The van der Waals surface area contributed by atoms with Crippen LogP contribution >= 0.6 is 0 Å². The van der Waals surface area contributed by atoms with Gasteiger partial charge >= 0.3 is 16.1 Å². The maximum absolute atomic E-state index is 12.9. The highest BCUT2D eigenvalue weighted by atomic mass is 32.2. The molecule has 1 fully saturated rings. The molecule has 41 heavy (non-hydrogen) atoms. The number of anilines is 1. The molecule has 0 bridgehead atoms. The van der Waals surface area contributed by atoms with E-state index in [1.54, 1.807) is 50.9 Å². The van der Waals surface area contributed by atoms with Gasteiger partial charge in [-0.1, -0.05) is 18.2 Å².